The Balaban J connectivity index is 1.85. The molecule has 0 fully saturated rings. The molecule has 114 valence electrons. The Bertz CT molecular complexity index is 523. The maximum absolute atomic E-state index is 4.25. The second-order valence-electron chi connectivity index (χ2n) is 5.88. The molecule has 2 aromatic rings. The van der Waals surface area contributed by atoms with Gasteiger partial charge in [0.2, 0.25) is 0 Å². The lowest BCUT2D eigenvalue weighted by Gasteiger charge is -2.16. The number of aromatic nitrogens is 2. The molecule has 2 rings (SSSR count). The van der Waals surface area contributed by atoms with Gasteiger partial charge in [0.05, 0.1) is 6.54 Å². The summed E-state index contributed by atoms with van der Waals surface area (Å²) in [6.45, 7) is 7.60. The zero-order chi connectivity index (χ0) is 15.1. The first-order chi connectivity index (χ1) is 10.1. The molecule has 1 atom stereocenters. The number of nitrogens with zero attached hydrogens (tertiary/aromatic N) is 2. The topological polar surface area (TPSA) is 29.9 Å². The highest BCUT2D eigenvalue weighted by atomic mass is 32.2. The van der Waals surface area contributed by atoms with Crippen molar-refractivity contribution >= 4 is 17.4 Å². The normalized spacial score (nSPS) is 12.6. The van der Waals surface area contributed by atoms with E-state index in [0.717, 1.165) is 18.2 Å². The highest BCUT2D eigenvalue weighted by Crippen LogP contribution is 2.15. The second kappa shape index (κ2) is 8.13. The largest absolute Gasteiger partial charge is 0.382 e. The summed E-state index contributed by atoms with van der Waals surface area (Å²) >= 11 is 2.02. The van der Waals surface area contributed by atoms with E-state index in [1.165, 1.54) is 17.0 Å². The zero-order valence-electron chi connectivity index (χ0n) is 13.1. The second-order valence-corrected chi connectivity index (χ2v) is 6.96. The van der Waals surface area contributed by atoms with Crippen LogP contribution in [-0.4, -0.2) is 27.3 Å². The molecule has 3 nitrogen and oxygen atoms in total. The van der Waals surface area contributed by atoms with E-state index < -0.39 is 0 Å². The number of thioether (sulfide) groups is 1. The van der Waals surface area contributed by atoms with Crippen LogP contribution in [0.25, 0.3) is 0 Å². The minimum atomic E-state index is 0.480. The van der Waals surface area contributed by atoms with Crippen molar-refractivity contribution in [3.63, 3.8) is 0 Å². The summed E-state index contributed by atoms with van der Waals surface area (Å²) in [4.78, 5) is 0. The van der Waals surface area contributed by atoms with E-state index in [4.69, 9.17) is 0 Å². The quantitative estimate of drug-likeness (QED) is 0.795. The number of benzene rings is 1. The van der Waals surface area contributed by atoms with Crippen LogP contribution in [0.3, 0.4) is 0 Å². The average Bonchev–Trinajstić information content (AvgIpc) is 2.91. The van der Waals surface area contributed by atoms with Crippen molar-refractivity contribution < 1.29 is 0 Å². The summed E-state index contributed by atoms with van der Waals surface area (Å²) < 4.78 is 1.95. The molecule has 0 aliphatic carbocycles. The van der Waals surface area contributed by atoms with Crippen molar-refractivity contribution in [1.82, 2.24) is 9.78 Å². The number of hydrogen-bond donors (Lipinski definition) is 1. The van der Waals surface area contributed by atoms with Crippen molar-refractivity contribution in [3.8, 4) is 0 Å². The van der Waals surface area contributed by atoms with E-state index >= 15 is 0 Å². The SMILES string of the molecule is CC(C)CSC[C@@H](C)Nc1cccc(Cn2cccn2)c1. The highest BCUT2D eigenvalue weighted by Gasteiger charge is 2.04. The third kappa shape index (κ3) is 5.84. The molecule has 0 saturated carbocycles. The Morgan fingerprint density at radius 2 is 2.05 bits per heavy atom. The van der Waals surface area contributed by atoms with Crippen LogP contribution in [0.2, 0.25) is 0 Å². The molecule has 0 aliphatic rings. The molecule has 0 radical (unpaired) electrons. The third-order valence-electron chi connectivity index (χ3n) is 3.06. The first-order valence-corrected chi connectivity index (χ1v) is 8.69. The maximum Gasteiger partial charge on any atom is 0.0660 e. The fraction of sp³-hybridized carbons (Fsp3) is 0.471. The summed E-state index contributed by atoms with van der Waals surface area (Å²) in [6.07, 6.45) is 3.81. The maximum atomic E-state index is 4.25. The number of anilines is 1. The molecule has 1 aromatic carbocycles. The number of hydrogen-bond acceptors (Lipinski definition) is 3. The van der Waals surface area contributed by atoms with E-state index in [2.05, 4.69) is 55.5 Å². The average molecular weight is 303 g/mol. The van der Waals surface area contributed by atoms with Crippen molar-refractivity contribution in [3.05, 3.63) is 48.3 Å². The monoisotopic (exact) mass is 303 g/mol. The van der Waals surface area contributed by atoms with Gasteiger partial charge in [-0.25, -0.2) is 0 Å². The van der Waals surface area contributed by atoms with Crippen LogP contribution in [0.15, 0.2) is 42.7 Å². The van der Waals surface area contributed by atoms with Crippen molar-refractivity contribution in [2.75, 3.05) is 16.8 Å². The lowest BCUT2D eigenvalue weighted by Crippen LogP contribution is -2.18. The van der Waals surface area contributed by atoms with Gasteiger partial charge in [0.25, 0.3) is 0 Å². The van der Waals surface area contributed by atoms with Gasteiger partial charge in [-0.15, -0.1) is 0 Å². The molecule has 21 heavy (non-hydrogen) atoms. The van der Waals surface area contributed by atoms with E-state index in [1.54, 1.807) is 0 Å². The molecule has 4 heteroatoms. The fourth-order valence-corrected chi connectivity index (χ4v) is 3.19. The Kier molecular flexibility index (Phi) is 6.18. The molecule has 0 amide bonds. The minimum absolute atomic E-state index is 0.480. The first kappa shape index (κ1) is 16.0. The molecule has 1 aromatic heterocycles. The van der Waals surface area contributed by atoms with Gasteiger partial charge in [-0.3, -0.25) is 4.68 Å². The van der Waals surface area contributed by atoms with Crippen LogP contribution in [0, 0.1) is 5.92 Å². The van der Waals surface area contributed by atoms with Gasteiger partial charge in [0.15, 0.2) is 0 Å². The molecule has 0 bridgehead atoms. The van der Waals surface area contributed by atoms with Gasteiger partial charge in [-0.1, -0.05) is 26.0 Å². The predicted molar refractivity (Wildman–Crippen MR) is 93.0 cm³/mol. The van der Waals surface area contributed by atoms with Crippen LogP contribution in [-0.2, 0) is 6.54 Å². The number of nitrogens with one attached hydrogen (secondary N) is 1. The summed E-state index contributed by atoms with van der Waals surface area (Å²) in [5.74, 6) is 3.13. The summed E-state index contributed by atoms with van der Waals surface area (Å²) in [5, 5.41) is 7.84. The number of rotatable bonds is 8. The summed E-state index contributed by atoms with van der Waals surface area (Å²) in [5.41, 5.74) is 2.46. The van der Waals surface area contributed by atoms with Crippen molar-refractivity contribution in [2.45, 2.75) is 33.4 Å². The zero-order valence-corrected chi connectivity index (χ0v) is 13.9. The predicted octanol–water partition coefficient (Wildman–Crippen LogP) is 4.12. The lowest BCUT2D eigenvalue weighted by atomic mass is 10.2. The fourth-order valence-electron chi connectivity index (χ4n) is 2.15. The lowest BCUT2D eigenvalue weighted by molar-refractivity contribution is 0.687. The van der Waals surface area contributed by atoms with E-state index in [9.17, 15) is 0 Å². The molecular weight excluding hydrogens is 278 g/mol. The molecule has 0 aliphatic heterocycles. The molecule has 1 heterocycles. The van der Waals surface area contributed by atoms with Crippen molar-refractivity contribution in [2.24, 2.45) is 5.92 Å². The van der Waals surface area contributed by atoms with Crippen LogP contribution in [0.5, 0.6) is 0 Å². The smallest absolute Gasteiger partial charge is 0.0660 e. The van der Waals surface area contributed by atoms with Gasteiger partial charge in [0.1, 0.15) is 0 Å². The van der Waals surface area contributed by atoms with E-state index in [-0.39, 0.29) is 0 Å². The molecule has 0 spiro atoms. The van der Waals surface area contributed by atoms with Crippen molar-refractivity contribution in [1.29, 1.82) is 0 Å². The third-order valence-corrected chi connectivity index (χ3v) is 4.70. The minimum Gasteiger partial charge on any atom is -0.382 e. The Morgan fingerprint density at radius 3 is 2.76 bits per heavy atom. The first-order valence-electron chi connectivity index (χ1n) is 7.54. The van der Waals surface area contributed by atoms with E-state index in [1.807, 2.05) is 34.9 Å². The van der Waals surface area contributed by atoms with Gasteiger partial charge in [-0.2, -0.15) is 16.9 Å². The van der Waals surface area contributed by atoms with E-state index in [0.29, 0.717) is 6.04 Å². The van der Waals surface area contributed by atoms with Gasteiger partial charge >= 0.3 is 0 Å². The van der Waals surface area contributed by atoms with Gasteiger partial charge in [0, 0.05) is 29.9 Å². The van der Waals surface area contributed by atoms with Crippen LogP contribution < -0.4 is 5.32 Å². The van der Waals surface area contributed by atoms with Crippen LogP contribution in [0.4, 0.5) is 5.69 Å². The standard InChI is InChI=1S/C17H25N3S/c1-14(2)12-21-13-15(3)19-17-7-4-6-16(10-17)11-20-9-5-8-18-20/h4-10,14-15,19H,11-13H2,1-3H3/t15-/m1/s1. The Labute approximate surface area is 132 Å². The molecular formula is C17H25N3S. The van der Waals surface area contributed by atoms with Crippen LogP contribution in [0.1, 0.15) is 26.3 Å². The summed E-state index contributed by atoms with van der Waals surface area (Å²) in [6, 6.07) is 11.0. The Morgan fingerprint density at radius 1 is 1.19 bits per heavy atom. The molecule has 1 N–H and O–H groups in total. The van der Waals surface area contributed by atoms with Gasteiger partial charge < -0.3 is 5.32 Å². The molecule has 0 saturated heterocycles. The van der Waals surface area contributed by atoms with Crippen LogP contribution >= 0.6 is 11.8 Å². The summed E-state index contributed by atoms with van der Waals surface area (Å²) in [7, 11) is 0. The molecule has 0 unspecified atom stereocenters. The van der Waals surface area contributed by atoms with Gasteiger partial charge in [-0.05, 0) is 42.4 Å². The Hall–Kier alpha value is -1.42. The highest BCUT2D eigenvalue weighted by molar-refractivity contribution is 7.99.